The molecular formula is C23H21FN2O5. The molecule has 0 radical (unpaired) electrons. The second-order valence-electron chi connectivity index (χ2n) is 6.65. The predicted molar refractivity (Wildman–Crippen MR) is 113 cm³/mol. The van der Waals surface area contributed by atoms with Crippen LogP contribution >= 0.6 is 0 Å². The number of pyridine rings is 1. The van der Waals surface area contributed by atoms with Crippen molar-refractivity contribution in [3.05, 3.63) is 70.7 Å². The van der Waals surface area contributed by atoms with Crippen LogP contribution in [0.25, 0.3) is 10.9 Å². The van der Waals surface area contributed by atoms with Crippen LogP contribution in [-0.4, -0.2) is 36.0 Å². The van der Waals surface area contributed by atoms with E-state index in [0.717, 1.165) is 0 Å². The van der Waals surface area contributed by atoms with Crippen molar-refractivity contribution in [3.8, 4) is 0 Å². The lowest BCUT2D eigenvalue weighted by molar-refractivity contribution is 0.0525. The summed E-state index contributed by atoms with van der Waals surface area (Å²) in [5, 5.41) is 3.28. The molecule has 31 heavy (non-hydrogen) atoms. The van der Waals surface area contributed by atoms with E-state index in [9.17, 15) is 18.8 Å². The number of benzene rings is 2. The third kappa shape index (κ3) is 5.03. The van der Waals surface area contributed by atoms with E-state index in [-0.39, 0.29) is 35.6 Å². The Hall–Kier alpha value is -3.81. The van der Waals surface area contributed by atoms with Crippen LogP contribution in [0.2, 0.25) is 0 Å². The zero-order valence-corrected chi connectivity index (χ0v) is 17.3. The van der Waals surface area contributed by atoms with E-state index in [4.69, 9.17) is 9.47 Å². The van der Waals surface area contributed by atoms with Crippen LogP contribution in [0.15, 0.2) is 42.5 Å². The standard InChI is InChI=1S/C23H21FN2O5/c1-4-30-22(28)15-8-16(23(29)31-5-2)10-18(9-15)26-21(27)19-11-14-6-7-17(24)12-20(14)25-13(19)3/h6-12H,4-5H2,1-3H3,(H,26,27). The number of esters is 2. The van der Waals surface area contributed by atoms with Crippen LogP contribution < -0.4 is 5.32 Å². The largest absolute Gasteiger partial charge is 0.462 e. The van der Waals surface area contributed by atoms with Crippen molar-refractivity contribution in [2.24, 2.45) is 0 Å². The predicted octanol–water partition coefficient (Wildman–Crippen LogP) is 4.29. The molecule has 160 valence electrons. The molecule has 8 heteroatoms. The van der Waals surface area contributed by atoms with Crippen molar-refractivity contribution in [1.82, 2.24) is 4.98 Å². The van der Waals surface area contributed by atoms with Gasteiger partial charge in [0.25, 0.3) is 5.91 Å². The Morgan fingerprint density at radius 2 is 1.55 bits per heavy atom. The minimum Gasteiger partial charge on any atom is -0.462 e. The van der Waals surface area contributed by atoms with Crippen LogP contribution in [0.1, 0.15) is 50.6 Å². The summed E-state index contributed by atoms with van der Waals surface area (Å²) in [7, 11) is 0. The topological polar surface area (TPSA) is 94.6 Å². The first-order valence-corrected chi connectivity index (χ1v) is 9.70. The van der Waals surface area contributed by atoms with Gasteiger partial charge in [-0.2, -0.15) is 0 Å². The summed E-state index contributed by atoms with van der Waals surface area (Å²) in [5.74, 6) is -2.17. The van der Waals surface area contributed by atoms with Crippen LogP contribution in [0, 0.1) is 12.7 Å². The minimum absolute atomic E-state index is 0.103. The monoisotopic (exact) mass is 424 g/mol. The average Bonchev–Trinajstić information content (AvgIpc) is 2.73. The first-order valence-electron chi connectivity index (χ1n) is 9.70. The maximum absolute atomic E-state index is 13.4. The third-order valence-corrected chi connectivity index (χ3v) is 4.43. The number of nitrogens with one attached hydrogen (secondary N) is 1. The summed E-state index contributed by atoms with van der Waals surface area (Å²) in [6.07, 6.45) is 0. The zero-order valence-electron chi connectivity index (χ0n) is 17.3. The number of fused-ring (bicyclic) bond motifs is 1. The van der Waals surface area contributed by atoms with E-state index in [1.54, 1.807) is 26.8 Å². The van der Waals surface area contributed by atoms with Crippen LogP contribution in [0.5, 0.6) is 0 Å². The molecule has 1 amide bonds. The number of carbonyl (C=O) groups is 3. The molecule has 0 spiro atoms. The molecule has 0 aliphatic rings. The molecule has 0 unspecified atom stereocenters. The normalized spacial score (nSPS) is 10.6. The van der Waals surface area contributed by atoms with E-state index in [0.29, 0.717) is 16.6 Å². The van der Waals surface area contributed by atoms with Gasteiger partial charge in [-0.05, 0) is 57.2 Å². The number of ether oxygens (including phenoxy) is 2. The molecule has 0 atom stereocenters. The van der Waals surface area contributed by atoms with Gasteiger partial charge in [0.05, 0.1) is 41.1 Å². The molecule has 3 rings (SSSR count). The second kappa shape index (κ2) is 9.34. The van der Waals surface area contributed by atoms with Crippen molar-refractivity contribution in [2.45, 2.75) is 20.8 Å². The highest BCUT2D eigenvalue weighted by molar-refractivity contribution is 6.08. The lowest BCUT2D eigenvalue weighted by Crippen LogP contribution is -2.16. The smallest absolute Gasteiger partial charge is 0.338 e. The molecule has 7 nitrogen and oxygen atoms in total. The van der Waals surface area contributed by atoms with Gasteiger partial charge in [0.15, 0.2) is 0 Å². The Balaban J connectivity index is 1.96. The van der Waals surface area contributed by atoms with E-state index in [1.807, 2.05) is 0 Å². The molecule has 0 saturated heterocycles. The fourth-order valence-corrected chi connectivity index (χ4v) is 3.03. The molecule has 0 fully saturated rings. The van der Waals surface area contributed by atoms with Gasteiger partial charge in [-0.1, -0.05) is 0 Å². The molecule has 3 aromatic rings. The van der Waals surface area contributed by atoms with E-state index < -0.39 is 23.7 Å². The lowest BCUT2D eigenvalue weighted by atomic mass is 10.1. The minimum atomic E-state index is -0.630. The van der Waals surface area contributed by atoms with Gasteiger partial charge in [-0.15, -0.1) is 0 Å². The number of nitrogens with zero attached hydrogens (tertiary/aromatic N) is 1. The highest BCUT2D eigenvalue weighted by atomic mass is 19.1. The first-order chi connectivity index (χ1) is 14.8. The lowest BCUT2D eigenvalue weighted by Gasteiger charge is -2.12. The van der Waals surface area contributed by atoms with E-state index in [2.05, 4.69) is 10.3 Å². The summed E-state index contributed by atoms with van der Waals surface area (Å²) in [6.45, 7) is 5.28. The molecule has 1 aromatic heterocycles. The number of aromatic nitrogens is 1. The number of amides is 1. The molecule has 0 saturated carbocycles. The van der Waals surface area contributed by atoms with E-state index >= 15 is 0 Å². The van der Waals surface area contributed by atoms with Gasteiger partial charge in [0.1, 0.15) is 5.82 Å². The van der Waals surface area contributed by atoms with Crippen LogP contribution in [0.3, 0.4) is 0 Å². The summed E-state index contributed by atoms with van der Waals surface area (Å²) in [5.41, 5.74) is 1.54. The molecule has 2 aromatic carbocycles. The number of hydrogen-bond donors (Lipinski definition) is 1. The van der Waals surface area contributed by atoms with Gasteiger partial charge in [-0.3, -0.25) is 9.78 Å². The molecule has 1 heterocycles. The zero-order chi connectivity index (χ0) is 22.5. The highest BCUT2D eigenvalue weighted by Gasteiger charge is 2.18. The Morgan fingerprint density at radius 3 is 2.13 bits per heavy atom. The van der Waals surface area contributed by atoms with E-state index in [1.165, 1.54) is 36.4 Å². The Bertz CT molecular complexity index is 1140. The Morgan fingerprint density at radius 1 is 0.935 bits per heavy atom. The summed E-state index contributed by atoms with van der Waals surface area (Å²) in [4.78, 5) is 41.6. The van der Waals surface area contributed by atoms with Crippen molar-refractivity contribution in [3.63, 3.8) is 0 Å². The fraction of sp³-hybridized carbons (Fsp3) is 0.217. The molecule has 0 bridgehead atoms. The number of hydrogen-bond acceptors (Lipinski definition) is 6. The van der Waals surface area contributed by atoms with Gasteiger partial charge in [-0.25, -0.2) is 14.0 Å². The molecule has 0 aliphatic carbocycles. The van der Waals surface area contributed by atoms with Gasteiger partial charge >= 0.3 is 11.9 Å². The SMILES string of the molecule is CCOC(=O)c1cc(NC(=O)c2cc3ccc(F)cc3nc2C)cc(C(=O)OCC)c1. The highest BCUT2D eigenvalue weighted by Crippen LogP contribution is 2.21. The quantitative estimate of drug-likeness (QED) is 0.594. The Kier molecular flexibility index (Phi) is 6.59. The number of halogens is 1. The third-order valence-electron chi connectivity index (χ3n) is 4.43. The second-order valence-corrected chi connectivity index (χ2v) is 6.65. The fourth-order valence-electron chi connectivity index (χ4n) is 3.03. The summed E-state index contributed by atoms with van der Waals surface area (Å²) >= 11 is 0. The van der Waals surface area contributed by atoms with Gasteiger partial charge < -0.3 is 14.8 Å². The van der Waals surface area contributed by atoms with Crippen molar-refractivity contribution >= 4 is 34.4 Å². The number of aryl methyl sites for hydroxylation is 1. The van der Waals surface area contributed by atoms with Crippen LogP contribution in [-0.2, 0) is 9.47 Å². The van der Waals surface area contributed by atoms with Gasteiger partial charge in [0.2, 0.25) is 0 Å². The summed E-state index contributed by atoms with van der Waals surface area (Å²) in [6, 6.07) is 9.90. The Labute approximate surface area is 178 Å². The molecule has 1 N–H and O–H groups in total. The summed E-state index contributed by atoms with van der Waals surface area (Å²) < 4.78 is 23.4. The van der Waals surface area contributed by atoms with Crippen molar-refractivity contribution < 1.29 is 28.2 Å². The molecule has 0 aliphatic heterocycles. The van der Waals surface area contributed by atoms with Gasteiger partial charge in [0, 0.05) is 17.1 Å². The maximum Gasteiger partial charge on any atom is 0.338 e. The number of anilines is 1. The number of carbonyl (C=O) groups excluding carboxylic acids is 3. The maximum atomic E-state index is 13.4. The average molecular weight is 424 g/mol. The van der Waals surface area contributed by atoms with Crippen molar-refractivity contribution in [2.75, 3.05) is 18.5 Å². The van der Waals surface area contributed by atoms with Crippen LogP contribution in [0.4, 0.5) is 10.1 Å². The van der Waals surface area contributed by atoms with Crippen molar-refractivity contribution in [1.29, 1.82) is 0 Å². The first kappa shape index (κ1) is 21.9. The molecular weight excluding hydrogens is 403 g/mol. The number of rotatable bonds is 6.